The van der Waals surface area contributed by atoms with Gasteiger partial charge in [0.05, 0.1) is 11.4 Å². The predicted molar refractivity (Wildman–Crippen MR) is 119 cm³/mol. The van der Waals surface area contributed by atoms with Crippen LogP contribution in [0.15, 0.2) is 59.5 Å². The zero-order chi connectivity index (χ0) is 22.4. The topological polar surface area (TPSA) is 86.8 Å². The smallest absolute Gasteiger partial charge is 0.251 e. The molecule has 0 unspecified atom stereocenters. The van der Waals surface area contributed by atoms with Gasteiger partial charge in [-0.25, -0.2) is 12.7 Å². The fourth-order valence-electron chi connectivity index (χ4n) is 3.71. The molecule has 7 nitrogen and oxygen atoms in total. The highest BCUT2D eigenvalue weighted by Crippen LogP contribution is 2.21. The molecule has 0 atom stereocenters. The van der Waals surface area contributed by atoms with Crippen LogP contribution in [0.5, 0.6) is 0 Å². The van der Waals surface area contributed by atoms with Gasteiger partial charge in [-0.1, -0.05) is 36.4 Å². The van der Waals surface area contributed by atoms with Crippen LogP contribution in [0.3, 0.4) is 0 Å². The van der Waals surface area contributed by atoms with Gasteiger partial charge in [0.2, 0.25) is 15.9 Å². The zero-order valence-corrected chi connectivity index (χ0v) is 18.8. The van der Waals surface area contributed by atoms with Gasteiger partial charge >= 0.3 is 0 Å². The maximum Gasteiger partial charge on any atom is 0.251 e. The number of hydrogen-bond donors (Lipinski definition) is 1. The minimum absolute atomic E-state index is 0.0389. The van der Waals surface area contributed by atoms with Gasteiger partial charge in [-0.05, 0) is 48.9 Å². The minimum atomic E-state index is -3.63. The molecule has 0 aliphatic carbocycles. The van der Waals surface area contributed by atoms with Crippen molar-refractivity contribution in [1.82, 2.24) is 14.5 Å². The van der Waals surface area contributed by atoms with Crippen molar-refractivity contribution in [2.75, 3.05) is 33.7 Å². The molecule has 0 aromatic heterocycles. The summed E-state index contributed by atoms with van der Waals surface area (Å²) in [5.74, 6) is -0.0332. The van der Waals surface area contributed by atoms with Crippen LogP contribution in [-0.2, 0) is 21.2 Å². The average Bonchev–Trinajstić information content (AvgIpc) is 2.78. The van der Waals surface area contributed by atoms with Crippen LogP contribution in [-0.4, -0.2) is 63.2 Å². The number of rotatable bonds is 7. The summed E-state index contributed by atoms with van der Waals surface area (Å²) >= 11 is 0. The van der Waals surface area contributed by atoms with Crippen molar-refractivity contribution in [1.29, 1.82) is 0 Å². The van der Waals surface area contributed by atoms with Crippen LogP contribution in [0.1, 0.15) is 28.8 Å². The summed E-state index contributed by atoms with van der Waals surface area (Å²) in [4.78, 5) is 26.8. The van der Waals surface area contributed by atoms with Gasteiger partial charge in [-0.3, -0.25) is 9.59 Å². The monoisotopic (exact) mass is 443 g/mol. The van der Waals surface area contributed by atoms with Gasteiger partial charge < -0.3 is 10.2 Å². The van der Waals surface area contributed by atoms with Gasteiger partial charge in [0.15, 0.2) is 0 Å². The molecule has 2 amide bonds. The Morgan fingerprint density at radius 3 is 2.35 bits per heavy atom. The van der Waals surface area contributed by atoms with Gasteiger partial charge in [0.1, 0.15) is 0 Å². The summed E-state index contributed by atoms with van der Waals surface area (Å²) < 4.78 is 25.6. The largest absolute Gasteiger partial charge is 0.343 e. The van der Waals surface area contributed by atoms with Crippen molar-refractivity contribution in [2.45, 2.75) is 24.2 Å². The Balaban J connectivity index is 1.49. The second-order valence-corrected chi connectivity index (χ2v) is 10.2. The van der Waals surface area contributed by atoms with Crippen molar-refractivity contribution in [2.24, 2.45) is 5.92 Å². The Labute approximate surface area is 184 Å². The van der Waals surface area contributed by atoms with Crippen molar-refractivity contribution in [3.05, 3.63) is 65.7 Å². The lowest BCUT2D eigenvalue weighted by Crippen LogP contribution is -2.44. The fraction of sp³-hybridized carbons (Fsp3) is 0.391. The van der Waals surface area contributed by atoms with E-state index in [4.69, 9.17) is 0 Å². The summed E-state index contributed by atoms with van der Waals surface area (Å²) in [6, 6.07) is 16.2. The predicted octanol–water partition coefficient (Wildman–Crippen LogP) is 2.15. The molecule has 2 aromatic rings. The molecule has 2 aromatic carbocycles. The Morgan fingerprint density at radius 1 is 1.03 bits per heavy atom. The van der Waals surface area contributed by atoms with Crippen LogP contribution >= 0.6 is 0 Å². The maximum absolute atomic E-state index is 12.5. The third-order valence-corrected chi connectivity index (χ3v) is 7.42. The number of carbonyl (C=O) groups is 2. The van der Waals surface area contributed by atoms with Crippen LogP contribution in [0.4, 0.5) is 0 Å². The van der Waals surface area contributed by atoms with E-state index in [-0.39, 0.29) is 22.9 Å². The molecule has 1 aliphatic heterocycles. The SMILES string of the molecule is CN(C)S(=O)(=O)c1cccc(C(=O)NCC(=O)N2CCC(Cc3ccccc3)CC2)c1. The van der Waals surface area contributed by atoms with Crippen LogP contribution in [0, 0.1) is 5.92 Å². The highest BCUT2D eigenvalue weighted by atomic mass is 32.2. The highest BCUT2D eigenvalue weighted by molar-refractivity contribution is 7.89. The van der Waals surface area contributed by atoms with E-state index in [0.29, 0.717) is 19.0 Å². The van der Waals surface area contributed by atoms with Crippen LogP contribution in [0.2, 0.25) is 0 Å². The molecule has 0 saturated carbocycles. The van der Waals surface area contributed by atoms with E-state index in [0.717, 1.165) is 23.6 Å². The van der Waals surface area contributed by atoms with E-state index in [1.54, 1.807) is 4.90 Å². The van der Waals surface area contributed by atoms with Crippen molar-refractivity contribution in [3.8, 4) is 0 Å². The second kappa shape index (κ2) is 10.1. The molecule has 1 fully saturated rings. The average molecular weight is 444 g/mol. The van der Waals surface area contributed by atoms with Crippen molar-refractivity contribution < 1.29 is 18.0 Å². The molecular weight excluding hydrogens is 414 g/mol. The maximum atomic E-state index is 12.5. The highest BCUT2D eigenvalue weighted by Gasteiger charge is 2.24. The fourth-order valence-corrected chi connectivity index (χ4v) is 4.66. The molecule has 1 saturated heterocycles. The van der Waals surface area contributed by atoms with E-state index in [1.807, 2.05) is 18.2 Å². The first-order valence-electron chi connectivity index (χ1n) is 10.4. The second-order valence-electron chi connectivity index (χ2n) is 8.01. The number of carbonyl (C=O) groups excluding carboxylic acids is 2. The first-order chi connectivity index (χ1) is 14.8. The molecule has 1 aliphatic rings. The Hall–Kier alpha value is -2.71. The lowest BCUT2D eigenvalue weighted by Gasteiger charge is -2.32. The quantitative estimate of drug-likeness (QED) is 0.710. The van der Waals surface area contributed by atoms with E-state index in [1.165, 1.54) is 43.9 Å². The third kappa shape index (κ3) is 5.92. The molecule has 31 heavy (non-hydrogen) atoms. The number of sulfonamides is 1. The molecule has 0 bridgehead atoms. The van der Waals surface area contributed by atoms with E-state index in [2.05, 4.69) is 17.4 Å². The molecule has 1 heterocycles. The first-order valence-corrected chi connectivity index (χ1v) is 11.8. The number of hydrogen-bond acceptors (Lipinski definition) is 4. The Bertz CT molecular complexity index is 1010. The molecular formula is C23H29N3O4S. The zero-order valence-electron chi connectivity index (χ0n) is 18.0. The minimum Gasteiger partial charge on any atom is -0.343 e. The third-order valence-electron chi connectivity index (χ3n) is 5.61. The Morgan fingerprint density at radius 2 is 1.71 bits per heavy atom. The van der Waals surface area contributed by atoms with Gasteiger partial charge in [0.25, 0.3) is 5.91 Å². The summed E-state index contributed by atoms with van der Waals surface area (Å²) in [5, 5.41) is 2.62. The number of benzene rings is 2. The lowest BCUT2D eigenvalue weighted by atomic mass is 9.90. The number of piperidine rings is 1. The van der Waals surface area contributed by atoms with E-state index in [9.17, 15) is 18.0 Å². The van der Waals surface area contributed by atoms with Gasteiger partial charge in [0, 0.05) is 32.7 Å². The normalized spacial score (nSPS) is 15.1. The molecule has 166 valence electrons. The van der Waals surface area contributed by atoms with Crippen molar-refractivity contribution >= 4 is 21.8 Å². The number of likely N-dealkylation sites (tertiary alicyclic amines) is 1. The lowest BCUT2D eigenvalue weighted by molar-refractivity contribution is -0.131. The van der Waals surface area contributed by atoms with Gasteiger partial charge in [-0.2, -0.15) is 0 Å². The molecule has 3 rings (SSSR count). The number of nitrogens with zero attached hydrogens (tertiary/aromatic N) is 2. The first kappa shape index (κ1) is 23.0. The standard InChI is InChI=1S/C23H29N3O4S/c1-25(2)31(29,30)21-10-6-9-20(16-21)23(28)24-17-22(27)26-13-11-19(12-14-26)15-18-7-4-3-5-8-18/h3-10,16,19H,11-15,17H2,1-2H3,(H,24,28). The summed E-state index contributed by atoms with van der Waals surface area (Å²) in [6.45, 7) is 1.26. The number of nitrogens with one attached hydrogen (secondary N) is 1. The molecule has 0 radical (unpaired) electrons. The van der Waals surface area contributed by atoms with E-state index >= 15 is 0 Å². The van der Waals surface area contributed by atoms with Crippen molar-refractivity contribution in [3.63, 3.8) is 0 Å². The van der Waals surface area contributed by atoms with Gasteiger partial charge in [-0.15, -0.1) is 0 Å². The molecule has 8 heteroatoms. The number of amides is 2. The summed E-state index contributed by atoms with van der Waals surface area (Å²) in [7, 11) is -0.763. The van der Waals surface area contributed by atoms with E-state index < -0.39 is 15.9 Å². The summed E-state index contributed by atoms with van der Waals surface area (Å²) in [6.07, 6.45) is 2.91. The molecule has 1 N–H and O–H groups in total. The Kier molecular flexibility index (Phi) is 7.46. The summed E-state index contributed by atoms with van der Waals surface area (Å²) in [5.41, 5.74) is 1.52. The molecule has 0 spiro atoms. The van der Waals surface area contributed by atoms with Crippen LogP contribution < -0.4 is 5.32 Å². The van der Waals surface area contributed by atoms with Crippen LogP contribution in [0.25, 0.3) is 0 Å².